The fourth-order valence-corrected chi connectivity index (χ4v) is 5.29. The molecule has 34 heavy (non-hydrogen) atoms. The molecule has 180 valence electrons. The van der Waals surface area contributed by atoms with Crippen molar-refractivity contribution in [1.82, 2.24) is 14.5 Å². The summed E-state index contributed by atoms with van der Waals surface area (Å²) < 4.78 is 2.00. The Labute approximate surface area is 204 Å². The Morgan fingerprint density at radius 3 is 2.74 bits per heavy atom. The third kappa shape index (κ3) is 5.55. The van der Waals surface area contributed by atoms with Crippen LogP contribution >= 0.6 is 11.3 Å². The Bertz CT molecular complexity index is 1130. The van der Waals surface area contributed by atoms with Gasteiger partial charge in [0.25, 0.3) is 11.8 Å². The summed E-state index contributed by atoms with van der Waals surface area (Å²) in [6.45, 7) is 0.671. The zero-order valence-corrected chi connectivity index (χ0v) is 20.5. The van der Waals surface area contributed by atoms with Gasteiger partial charge in [-0.25, -0.2) is 4.98 Å². The highest BCUT2D eigenvalue weighted by atomic mass is 32.1. The van der Waals surface area contributed by atoms with Crippen molar-refractivity contribution in [2.75, 3.05) is 12.4 Å². The van der Waals surface area contributed by atoms with Gasteiger partial charge in [-0.15, -0.1) is 11.3 Å². The molecule has 1 N–H and O–H groups in total. The second-order valence-corrected chi connectivity index (χ2v) is 9.89. The molecule has 8 heteroatoms. The summed E-state index contributed by atoms with van der Waals surface area (Å²) in [5.74, 6) is 0.302. The van der Waals surface area contributed by atoms with Crippen LogP contribution in [0.25, 0.3) is 11.0 Å². The zero-order valence-electron chi connectivity index (χ0n) is 19.7. The van der Waals surface area contributed by atoms with Crippen molar-refractivity contribution in [3.63, 3.8) is 0 Å². The number of fused-ring (bicyclic) bond motifs is 1. The minimum absolute atomic E-state index is 0.0152. The maximum atomic E-state index is 13.2. The highest BCUT2D eigenvalue weighted by Crippen LogP contribution is 2.26. The van der Waals surface area contributed by atoms with Crippen LogP contribution in [0, 0.1) is 0 Å². The van der Waals surface area contributed by atoms with E-state index in [2.05, 4.69) is 5.32 Å². The summed E-state index contributed by atoms with van der Waals surface area (Å²) in [5.41, 5.74) is 2.19. The average molecular weight is 481 g/mol. The van der Waals surface area contributed by atoms with Crippen molar-refractivity contribution >= 4 is 46.4 Å². The summed E-state index contributed by atoms with van der Waals surface area (Å²) in [6, 6.07) is 9.54. The number of benzene rings is 1. The number of thiophene rings is 1. The molecule has 2 aromatic heterocycles. The Morgan fingerprint density at radius 2 is 2.00 bits per heavy atom. The van der Waals surface area contributed by atoms with Crippen LogP contribution in [0.1, 0.15) is 77.8 Å². The maximum Gasteiger partial charge on any atom is 0.268 e. The van der Waals surface area contributed by atoms with Gasteiger partial charge in [0.2, 0.25) is 5.95 Å². The molecule has 1 fully saturated rings. The quantitative estimate of drug-likeness (QED) is 0.306. The fourth-order valence-electron chi connectivity index (χ4n) is 4.67. The minimum atomic E-state index is -0.194. The van der Waals surface area contributed by atoms with Crippen LogP contribution in [-0.2, 0) is 11.3 Å². The number of nitrogens with one attached hydrogen (secondary N) is 1. The molecule has 1 saturated carbocycles. The van der Waals surface area contributed by atoms with E-state index in [4.69, 9.17) is 4.98 Å². The lowest BCUT2D eigenvalue weighted by molar-refractivity contribution is -0.107. The number of rotatable bonds is 10. The minimum Gasteiger partial charge on any atom is -0.339 e. The first-order valence-corrected chi connectivity index (χ1v) is 13.0. The number of aryl methyl sites for hydroxylation is 1. The molecule has 0 bridgehead atoms. The van der Waals surface area contributed by atoms with Crippen molar-refractivity contribution in [2.45, 2.75) is 70.4 Å². The molecule has 1 aromatic carbocycles. The second kappa shape index (κ2) is 11.4. The van der Waals surface area contributed by atoms with Crippen LogP contribution in [0.5, 0.6) is 0 Å². The molecule has 4 rings (SSSR count). The number of hydrogen-bond acceptors (Lipinski definition) is 5. The van der Waals surface area contributed by atoms with E-state index in [0.717, 1.165) is 43.9 Å². The number of carbonyl (C=O) groups is 3. The lowest BCUT2D eigenvalue weighted by Gasteiger charge is -2.31. The average Bonchev–Trinajstić information content (AvgIpc) is 3.52. The van der Waals surface area contributed by atoms with Crippen molar-refractivity contribution < 1.29 is 14.4 Å². The number of nitrogens with zero attached hydrogens (tertiary/aromatic N) is 3. The Kier molecular flexibility index (Phi) is 8.11. The van der Waals surface area contributed by atoms with Gasteiger partial charge in [-0.1, -0.05) is 31.7 Å². The van der Waals surface area contributed by atoms with Gasteiger partial charge in [0.15, 0.2) is 0 Å². The summed E-state index contributed by atoms with van der Waals surface area (Å²) in [5, 5.41) is 4.82. The normalized spacial score (nSPS) is 14.3. The largest absolute Gasteiger partial charge is 0.339 e. The van der Waals surface area contributed by atoms with E-state index in [1.54, 1.807) is 6.07 Å². The molecule has 0 atom stereocenters. The Hall–Kier alpha value is -3.00. The summed E-state index contributed by atoms with van der Waals surface area (Å²) in [4.78, 5) is 43.7. The maximum absolute atomic E-state index is 13.2. The summed E-state index contributed by atoms with van der Waals surface area (Å²) >= 11 is 1.38. The van der Waals surface area contributed by atoms with E-state index >= 15 is 0 Å². The predicted molar refractivity (Wildman–Crippen MR) is 136 cm³/mol. The van der Waals surface area contributed by atoms with Crippen LogP contribution in [0.4, 0.5) is 5.95 Å². The van der Waals surface area contributed by atoms with Gasteiger partial charge in [0, 0.05) is 31.6 Å². The van der Waals surface area contributed by atoms with Crippen LogP contribution in [0.3, 0.4) is 0 Å². The highest BCUT2D eigenvalue weighted by molar-refractivity contribution is 7.12. The first-order chi connectivity index (χ1) is 16.6. The number of aromatic nitrogens is 2. The third-order valence-corrected chi connectivity index (χ3v) is 7.48. The molecule has 1 aliphatic carbocycles. The van der Waals surface area contributed by atoms with Crippen molar-refractivity contribution in [3.8, 4) is 0 Å². The predicted octanol–water partition coefficient (Wildman–Crippen LogP) is 5.51. The van der Waals surface area contributed by atoms with Crippen LogP contribution in [-0.4, -0.2) is 45.6 Å². The molecule has 0 radical (unpaired) electrons. The topological polar surface area (TPSA) is 84.3 Å². The molecule has 0 unspecified atom stereocenters. The van der Waals surface area contributed by atoms with Crippen molar-refractivity contribution in [2.24, 2.45) is 0 Å². The molecular formula is C26H32N4O3S. The Balaban J connectivity index is 1.58. The van der Waals surface area contributed by atoms with Gasteiger partial charge in [-0.05, 0) is 55.3 Å². The molecule has 0 saturated heterocycles. The fraction of sp³-hybridized carbons (Fsp3) is 0.462. The van der Waals surface area contributed by atoms with Gasteiger partial charge in [0.1, 0.15) is 6.29 Å². The lowest BCUT2D eigenvalue weighted by Crippen LogP contribution is -2.38. The van der Waals surface area contributed by atoms with E-state index in [1.807, 2.05) is 46.2 Å². The molecule has 0 spiro atoms. The van der Waals surface area contributed by atoms with E-state index in [1.165, 1.54) is 30.6 Å². The molecule has 7 nitrogen and oxygen atoms in total. The lowest BCUT2D eigenvalue weighted by atomic mass is 9.94. The molecular weight excluding hydrogens is 448 g/mol. The first kappa shape index (κ1) is 24.1. The first-order valence-electron chi connectivity index (χ1n) is 12.1. The monoisotopic (exact) mass is 480 g/mol. The number of carbonyl (C=O) groups excluding carboxylic acids is 3. The van der Waals surface area contributed by atoms with Gasteiger partial charge in [-0.2, -0.15) is 0 Å². The van der Waals surface area contributed by atoms with E-state index < -0.39 is 0 Å². The van der Waals surface area contributed by atoms with E-state index in [-0.39, 0.29) is 11.8 Å². The SMILES string of the molecule is CN(C(=O)c1ccc2c(c1)nc(NC(=O)c1cccs1)n2CCCCCC=O)C1CCCCC1. The van der Waals surface area contributed by atoms with Crippen molar-refractivity contribution in [1.29, 1.82) is 0 Å². The second-order valence-electron chi connectivity index (χ2n) is 8.95. The molecule has 2 amide bonds. The molecule has 3 aromatic rings. The van der Waals surface area contributed by atoms with Crippen LogP contribution in [0.15, 0.2) is 35.7 Å². The van der Waals surface area contributed by atoms with Crippen LogP contribution < -0.4 is 5.32 Å². The summed E-state index contributed by atoms with van der Waals surface area (Å²) in [7, 11) is 1.90. The van der Waals surface area contributed by atoms with E-state index in [0.29, 0.717) is 40.9 Å². The van der Waals surface area contributed by atoms with Gasteiger partial charge in [-0.3, -0.25) is 14.9 Å². The molecule has 0 aliphatic heterocycles. The number of hydrogen-bond donors (Lipinski definition) is 1. The zero-order chi connectivity index (χ0) is 23.9. The smallest absolute Gasteiger partial charge is 0.268 e. The Morgan fingerprint density at radius 1 is 1.18 bits per heavy atom. The van der Waals surface area contributed by atoms with Gasteiger partial charge >= 0.3 is 0 Å². The van der Waals surface area contributed by atoms with Crippen LogP contribution in [0.2, 0.25) is 0 Å². The van der Waals surface area contributed by atoms with Crippen molar-refractivity contribution in [3.05, 3.63) is 46.2 Å². The molecule has 2 heterocycles. The van der Waals surface area contributed by atoms with Gasteiger partial charge < -0.3 is 14.3 Å². The number of unbranched alkanes of at least 4 members (excludes halogenated alkanes) is 3. The van der Waals surface area contributed by atoms with E-state index in [9.17, 15) is 14.4 Å². The number of imidazole rings is 1. The highest BCUT2D eigenvalue weighted by Gasteiger charge is 2.24. The standard InChI is InChI=1S/C26H32N4O3S/c1-29(20-10-5-4-6-11-20)25(33)19-13-14-22-21(18-19)27-26(28-24(32)23-12-9-17-34-23)30(22)15-7-2-3-8-16-31/h9,12-14,16-18,20H,2-8,10-11,15H2,1H3,(H,27,28,32). The number of anilines is 1. The summed E-state index contributed by atoms with van der Waals surface area (Å²) in [6.07, 6.45) is 9.85. The molecule has 1 aliphatic rings. The third-order valence-electron chi connectivity index (χ3n) is 6.61. The number of amides is 2. The number of aldehydes is 1. The van der Waals surface area contributed by atoms with Gasteiger partial charge in [0.05, 0.1) is 15.9 Å².